The van der Waals surface area contributed by atoms with Gasteiger partial charge in [-0.25, -0.2) is 0 Å². The van der Waals surface area contributed by atoms with E-state index in [1.165, 1.54) is 13.2 Å². The second-order valence-electron chi connectivity index (χ2n) is 4.77. The maximum atomic E-state index is 10.1. The largest absolute Gasteiger partial charge is 0.504 e. The van der Waals surface area contributed by atoms with Crippen LogP contribution in [0.5, 0.6) is 11.5 Å². The van der Waals surface area contributed by atoms with Gasteiger partial charge < -0.3 is 25.2 Å². The van der Waals surface area contributed by atoms with Crippen LogP contribution in [-0.4, -0.2) is 64.3 Å². The lowest BCUT2D eigenvalue weighted by atomic mass is 10.0. The average molecular weight is 269 g/mol. The van der Waals surface area contributed by atoms with Crippen molar-refractivity contribution in [2.75, 3.05) is 20.8 Å². The predicted molar refractivity (Wildman–Crippen MR) is 68.1 cm³/mol. The molecule has 106 valence electrons. The van der Waals surface area contributed by atoms with Crippen molar-refractivity contribution in [1.29, 1.82) is 0 Å². The minimum Gasteiger partial charge on any atom is -0.504 e. The summed E-state index contributed by atoms with van der Waals surface area (Å²) in [6.45, 7) is -0.243. The Hall–Kier alpha value is -1.34. The van der Waals surface area contributed by atoms with Crippen LogP contribution >= 0.6 is 0 Å². The van der Waals surface area contributed by atoms with E-state index in [4.69, 9.17) is 4.74 Å². The molecule has 2 rings (SSSR count). The third-order valence-electron chi connectivity index (χ3n) is 3.76. The first-order chi connectivity index (χ1) is 9.01. The second kappa shape index (κ2) is 5.34. The van der Waals surface area contributed by atoms with Crippen molar-refractivity contribution in [2.45, 2.75) is 24.3 Å². The zero-order chi connectivity index (χ0) is 14.2. The molecule has 0 amide bonds. The van der Waals surface area contributed by atoms with Gasteiger partial charge in [-0.1, -0.05) is 6.07 Å². The van der Waals surface area contributed by atoms with Crippen molar-refractivity contribution in [3.63, 3.8) is 0 Å². The van der Waals surface area contributed by atoms with Crippen molar-refractivity contribution in [2.24, 2.45) is 0 Å². The number of benzene rings is 1. The lowest BCUT2D eigenvalue weighted by molar-refractivity contribution is 0.0184. The number of phenols is 1. The Morgan fingerprint density at radius 1 is 1.26 bits per heavy atom. The molecule has 1 fully saturated rings. The number of methoxy groups -OCH3 is 1. The van der Waals surface area contributed by atoms with Crippen LogP contribution in [0.2, 0.25) is 0 Å². The maximum absolute atomic E-state index is 10.1. The van der Waals surface area contributed by atoms with Gasteiger partial charge in [0.05, 0.1) is 31.9 Å². The maximum Gasteiger partial charge on any atom is 0.160 e. The van der Waals surface area contributed by atoms with Crippen LogP contribution in [0.1, 0.15) is 11.6 Å². The molecule has 1 aromatic rings. The summed E-state index contributed by atoms with van der Waals surface area (Å²) in [5.41, 5.74) is 0.656. The number of ether oxygens (including phenoxy) is 1. The van der Waals surface area contributed by atoms with E-state index in [2.05, 4.69) is 0 Å². The molecule has 0 saturated carbocycles. The quantitative estimate of drug-likeness (QED) is 0.589. The average Bonchev–Trinajstić information content (AvgIpc) is 2.60. The number of phenolic OH excluding ortho intramolecular Hbond substituents is 1. The molecule has 1 aromatic carbocycles. The highest BCUT2D eigenvalue weighted by molar-refractivity contribution is 5.43. The van der Waals surface area contributed by atoms with E-state index < -0.39 is 24.3 Å². The van der Waals surface area contributed by atoms with Crippen LogP contribution in [0.25, 0.3) is 0 Å². The molecular weight excluding hydrogens is 250 g/mol. The van der Waals surface area contributed by atoms with Gasteiger partial charge in [0.15, 0.2) is 11.5 Å². The van der Waals surface area contributed by atoms with E-state index >= 15 is 0 Å². The number of hydrogen-bond donors (Lipinski definition) is 4. The molecule has 19 heavy (non-hydrogen) atoms. The molecule has 1 heterocycles. The van der Waals surface area contributed by atoms with Gasteiger partial charge in [-0.2, -0.15) is 0 Å². The molecule has 0 spiro atoms. The normalized spacial score (nSPS) is 31.6. The number of hydrogen-bond acceptors (Lipinski definition) is 6. The summed E-state index contributed by atoms with van der Waals surface area (Å²) >= 11 is 0. The van der Waals surface area contributed by atoms with Crippen LogP contribution in [0.3, 0.4) is 0 Å². The topological polar surface area (TPSA) is 93.4 Å². The zero-order valence-electron chi connectivity index (χ0n) is 10.9. The van der Waals surface area contributed by atoms with Gasteiger partial charge in [0.1, 0.15) is 6.10 Å². The smallest absolute Gasteiger partial charge is 0.160 e. The minimum absolute atomic E-state index is 0.0254. The molecule has 0 radical (unpaired) electrons. The van der Waals surface area contributed by atoms with Gasteiger partial charge in [-0.15, -0.1) is 0 Å². The fraction of sp³-hybridized carbons (Fsp3) is 0.538. The molecule has 0 aliphatic carbocycles. The van der Waals surface area contributed by atoms with Gasteiger partial charge in [-0.3, -0.25) is 4.90 Å². The Morgan fingerprint density at radius 2 is 1.95 bits per heavy atom. The number of likely N-dealkylation sites (N-methyl/N-ethyl adjacent to an activating group) is 1. The van der Waals surface area contributed by atoms with Gasteiger partial charge in [0, 0.05) is 0 Å². The minimum atomic E-state index is -1.02. The van der Waals surface area contributed by atoms with Crippen molar-refractivity contribution in [1.82, 2.24) is 4.90 Å². The molecule has 0 bridgehead atoms. The van der Waals surface area contributed by atoms with E-state index in [1.54, 1.807) is 24.1 Å². The van der Waals surface area contributed by atoms with Gasteiger partial charge in [-0.05, 0) is 24.7 Å². The lowest BCUT2D eigenvalue weighted by Crippen LogP contribution is -2.37. The van der Waals surface area contributed by atoms with E-state index in [0.29, 0.717) is 11.3 Å². The van der Waals surface area contributed by atoms with Crippen molar-refractivity contribution >= 4 is 0 Å². The molecule has 0 aromatic heterocycles. The van der Waals surface area contributed by atoms with Crippen LogP contribution < -0.4 is 4.74 Å². The highest BCUT2D eigenvalue weighted by Gasteiger charge is 2.46. The Kier molecular flexibility index (Phi) is 3.96. The summed E-state index contributed by atoms with van der Waals surface area (Å²) in [4.78, 5) is 1.70. The second-order valence-corrected chi connectivity index (χ2v) is 4.77. The molecule has 6 nitrogen and oxygen atoms in total. The molecule has 6 heteroatoms. The highest BCUT2D eigenvalue weighted by atomic mass is 16.5. The third-order valence-corrected chi connectivity index (χ3v) is 3.76. The third kappa shape index (κ3) is 2.28. The van der Waals surface area contributed by atoms with Gasteiger partial charge in [0.2, 0.25) is 0 Å². The summed E-state index contributed by atoms with van der Waals surface area (Å²) in [7, 11) is 3.17. The molecule has 4 atom stereocenters. The van der Waals surface area contributed by atoms with E-state index in [0.717, 1.165) is 0 Å². The Morgan fingerprint density at radius 3 is 2.42 bits per heavy atom. The summed E-state index contributed by atoms with van der Waals surface area (Å²) in [6.07, 6.45) is -2.04. The Balaban J connectivity index is 2.33. The highest BCUT2D eigenvalue weighted by Crippen LogP contribution is 2.38. The summed E-state index contributed by atoms with van der Waals surface area (Å²) in [6, 6.07) is 3.81. The number of rotatable bonds is 3. The molecule has 4 N–H and O–H groups in total. The van der Waals surface area contributed by atoms with Crippen molar-refractivity contribution in [3.8, 4) is 11.5 Å². The predicted octanol–water partition coefficient (Wildman–Crippen LogP) is -0.530. The molecule has 1 aliphatic rings. The monoisotopic (exact) mass is 269 g/mol. The number of aliphatic hydroxyl groups is 3. The van der Waals surface area contributed by atoms with Crippen molar-refractivity contribution < 1.29 is 25.2 Å². The number of aliphatic hydroxyl groups excluding tert-OH is 3. The summed E-state index contributed by atoms with van der Waals surface area (Å²) < 4.78 is 4.96. The molecular formula is C13H19NO5. The fourth-order valence-electron chi connectivity index (χ4n) is 2.66. The van der Waals surface area contributed by atoms with Crippen LogP contribution in [0.4, 0.5) is 0 Å². The van der Waals surface area contributed by atoms with Crippen molar-refractivity contribution in [3.05, 3.63) is 23.8 Å². The fourth-order valence-corrected chi connectivity index (χ4v) is 2.66. The summed E-state index contributed by atoms with van der Waals surface area (Å²) in [5, 5.41) is 39.0. The molecule has 1 saturated heterocycles. The SMILES string of the molecule is COc1ccc([C@H]2[C@H](O)[C@@H](O)[C@H](CO)N2C)cc1O. The van der Waals surface area contributed by atoms with Crippen LogP contribution in [-0.2, 0) is 0 Å². The van der Waals surface area contributed by atoms with E-state index in [9.17, 15) is 20.4 Å². The Labute approximate surface area is 111 Å². The number of nitrogens with zero attached hydrogens (tertiary/aromatic N) is 1. The standard InChI is InChI=1S/C13H19NO5/c1-14-8(6-15)12(17)13(18)11(14)7-3-4-10(19-2)9(16)5-7/h3-5,8,11-13,15-18H,6H2,1-2H3/t8-,11-,12-,13-/m0/s1. The number of likely N-dealkylation sites (tertiary alicyclic amines) is 1. The van der Waals surface area contributed by atoms with Gasteiger partial charge >= 0.3 is 0 Å². The molecule has 0 unspecified atom stereocenters. The Bertz CT molecular complexity index is 453. The molecule has 1 aliphatic heterocycles. The first-order valence-electron chi connectivity index (χ1n) is 6.07. The zero-order valence-corrected chi connectivity index (χ0v) is 10.9. The first-order valence-corrected chi connectivity index (χ1v) is 6.07. The van der Waals surface area contributed by atoms with E-state index in [-0.39, 0.29) is 12.4 Å². The number of aromatic hydroxyl groups is 1. The van der Waals surface area contributed by atoms with Crippen LogP contribution in [0, 0.1) is 0 Å². The van der Waals surface area contributed by atoms with E-state index in [1.807, 2.05) is 0 Å². The lowest BCUT2D eigenvalue weighted by Gasteiger charge is -2.25. The summed E-state index contributed by atoms with van der Waals surface area (Å²) in [5.74, 6) is 0.320. The van der Waals surface area contributed by atoms with Crippen LogP contribution in [0.15, 0.2) is 18.2 Å². The first kappa shape index (κ1) is 14.1. The van der Waals surface area contributed by atoms with Gasteiger partial charge in [0.25, 0.3) is 0 Å².